The van der Waals surface area contributed by atoms with Crippen LogP contribution in [0.1, 0.15) is 77.8 Å². The van der Waals surface area contributed by atoms with E-state index in [-0.39, 0.29) is 152 Å². The number of rotatable bonds is 18. The molecule has 0 saturated carbocycles. The predicted octanol–water partition coefficient (Wildman–Crippen LogP) is 13.3. The molecule has 10 aromatic rings. The quantitative estimate of drug-likeness (QED) is 0.0449. The molecular weight excluding hydrogens is 1210 g/mol. The van der Waals surface area contributed by atoms with Crippen molar-refractivity contribution >= 4 is 34.0 Å². The minimum Gasteiger partial charge on any atom is -0.473 e. The van der Waals surface area contributed by atoms with Crippen LogP contribution in [-0.4, -0.2) is 80.3 Å². The molecule has 0 amide bonds. The standard InChI is InChI=1S/C66H44F10N8O7/c67-45-15-33(25-77)7-9-37(45)27-89-61-5-1-3-51(81-61)41-23-47(69)39(17-49(41)71)21-59-79-53-13-11-35(19-55(53)83(59)57-31-87-29-43(57)63(73)74)65(85)91-66(86)36-12-14-54-56(20-36)84(58-32-88-30-44(58)64(75)76)60(80-54)22-40-18-50(72)42(24-48(40)70)52-4-2-6-62(82-52)90-28-38-10-8-34(26-78)16-46(38)68/h1-20,23-24,43-44,57-58,63-64H,21-22,27-32H2/t43-,44-,57+,58+/m1/s1. The Balaban J connectivity index is 0.796. The summed E-state index contributed by atoms with van der Waals surface area (Å²) in [6.45, 7) is -1.88. The third-order valence-electron chi connectivity index (χ3n) is 15.8. The highest BCUT2D eigenvalue weighted by atomic mass is 19.3. The number of ether oxygens (including phenoxy) is 5. The first-order valence-electron chi connectivity index (χ1n) is 27.9. The Morgan fingerprint density at radius 3 is 1.31 bits per heavy atom. The van der Waals surface area contributed by atoms with Crippen molar-refractivity contribution in [3.8, 4) is 46.4 Å². The van der Waals surface area contributed by atoms with Crippen LogP contribution >= 0.6 is 0 Å². The van der Waals surface area contributed by atoms with E-state index in [1.54, 1.807) is 0 Å². The molecule has 0 unspecified atom stereocenters. The number of halogens is 10. The lowest BCUT2D eigenvalue weighted by Gasteiger charge is -2.22. The summed E-state index contributed by atoms with van der Waals surface area (Å²) in [5, 5.41) is 18.1. The average Bonchev–Trinajstić information content (AvgIpc) is 1.65. The van der Waals surface area contributed by atoms with Crippen molar-refractivity contribution < 1.29 is 77.2 Å². The van der Waals surface area contributed by atoms with Crippen molar-refractivity contribution in [3.63, 3.8) is 0 Å². The molecule has 0 aliphatic carbocycles. The molecule has 6 heterocycles. The van der Waals surface area contributed by atoms with Gasteiger partial charge in [-0.3, -0.25) is 0 Å². The van der Waals surface area contributed by atoms with Crippen LogP contribution in [0, 0.1) is 69.4 Å². The predicted molar refractivity (Wildman–Crippen MR) is 304 cm³/mol. The van der Waals surface area contributed by atoms with Crippen LogP contribution in [0.2, 0.25) is 0 Å². The van der Waals surface area contributed by atoms with Crippen LogP contribution < -0.4 is 9.47 Å². The first kappa shape index (κ1) is 60.8. The van der Waals surface area contributed by atoms with Crippen molar-refractivity contribution in [1.82, 2.24) is 29.1 Å². The van der Waals surface area contributed by atoms with Gasteiger partial charge in [0.2, 0.25) is 24.6 Å². The fourth-order valence-electron chi connectivity index (χ4n) is 11.1. The zero-order valence-electron chi connectivity index (χ0n) is 47.0. The summed E-state index contributed by atoms with van der Waals surface area (Å²) in [5.74, 6) is -10.5. The minimum absolute atomic E-state index is 0.0219. The normalized spacial score (nSPS) is 16.4. The zero-order valence-corrected chi connectivity index (χ0v) is 47.0. The van der Waals surface area contributed by atoms with E-state index in [1.165, 1.54) is 106 Å². The molecule has 0 radical (unpaired) electrons. The first-order valence-corrected chi connectivity index (χ1v) is 27.9. The number of nitrogens with zero attached hydrogens (tertiary/aromatic N) is 8. The molecule has 91 heavy (non-hydrogen) atoms. The SMILES string of the molecule is N#Cc1ccc(COc2cccc(-c3cc(F)c(Cc4nc5ccc(C(=O)OC(=O)c6ccc7nc(Cc8cc(F)c(-c9cccc(OCc%10ccc(C#N)cc%10F)n9)cc8F)n([C@H]8COC[C@H]8C(F)F)c7c6)cc5n4[C@H]4COC[C@H]4C(F)F)cc3F)n2)c(F)c1. The van der Waals surface area contributed by atoms with Gasteiger partial charge in [0, 0.05) is 47.2 Å². The number of hydrogen-bond donors (Lipinski definition) is 0. The van der Waals surface area contributed by atoms with Crippen LogP contribution in [0.15, 0.2) is 133 Å². The molecule has 2 aliphatic rings. The number of alkyl halides is 4. The van der Waals surface area contributed by atoms with Gasteiger partial charge >= 0.3 is 11.9 Å². The fourth-order valence-corrected chi connectivity index (χ4v) is 11.1. The van der Waals surface area contributed by atoms with E-state index in [1.807, 2.05) is 12.1 Å². The summed E-state index contributed by atoms with van der Waals surface area (Å²) in [4.78, 5) is 45.7. The first-order chi connectivity index (χ1) is 43.9. The van der Waals surface area contributed by atoms with E-state index in [2.05, 4.69) is 19.9 Å². The topological polar surface area (TPSA) is 189 Å². The highest BCUT2D eigenvalue weighted by molar-refractivity contribution is 6.05. The molecule has 460 valence electrons. The van der Waals surface area contributed by atoms with E-state index in [9.17, 15) is 35.9 Å². The minimum atomic E-state index is -2.92. The lowest BCUT2D eigenvalue weighted by atomic mass is 10.0. The van der Waals surface area contributed by atoms with E-state index in [0.29, 0.717) is 0 Å². The Morgan fingerprint density at radius 1 is 0.495 bits per heavy atom. The average molecular weight is 1250 g/mol. The Kier molecular flexibility index (Phi) is 17.1. The zero-order chi connectivity index (χ0) is 63.8. The molecule has 2 saturated heterocycles. The molecule has 0 N–H and O–H groups in total. The highest BCUT2D eigenvalue weighted by Crippen LogP contribution is 2.39. The smallest absolute Gasteiger partial charge is 0.346 e. The summed E-state index contributed by atoms with van der Waals surface area (Å²) in [7, 11) is 0. The molecule has 4 aromatic heterocycles. The molecule has 0 spiro atoms. The number of fused-ring (bicyclic) bond motifs is 2. The molecule has 2 aliphatic heterocycles. The van der Waals surface area contributed by atoms with Gasteiger partial charge in [-0.15, -0.1) is 0 Å². The van der Waals surface area contributed by atoms with Crippen molar-refractivity contribution in [2.24, 2.45) is 11.8 Å². The van der Waals surface area contributed by atoms with Crippen molar-refractivity contribution in [3.05, 3.63) is 225 Å². The summed E-state index contributed by atoms with van der Waals surface area (Å²) in [6.07, 6.45) is -6.76. The molecule has 15 nitrogen and oxygen atoms in total. The number of esters is 2. The third-order valence-corrected chi connectivity index (χ3v) is 15.8. The Hall–Kier alpha value is -10.5. The van der Waals surface area contributed by atoms with Gasteiger partial charge in [-0.25, -0.2) is 73.4 Å². The summed E-state index contributed by atoms with van der Waals surface area (Å²) in [5.41, 5.74) is -0.838. The van der Waals surface area contributed by atoms with Gasteiger partial charge in [-0.2, -0.15) is 10.5 Å². The summed E-state index contributed by atoms with van der Waals surface area (Å²) in [6, 6.07) is 28.8. The lowest BCUT2D eigenvalue weighted by Crippen LogP contribution is -2.25. The summed E-state index contributed by atoms with van der Waals surface area (Å²) < 4.78 is 183. The number of aromatic nitrogens is 6. The number of benzene rings is 6. The Morgan fingerprint density at radius 2 is 0.912 bits per heavy atom. The molecule has 25 heteroatoms. The second-order valence-corrected chi connectivity index (χ2v) is 21.4. The molecular formula is C66H44F10N8O7. The van der Waals surface area contributed by atoms with Crippen LogP contribution in [0.25, 0.3) is 44.6 Å². The largest absolute Gasteiger partial charge is 0.473 e. The second-order valence-electron chi connectivity index (χ2n) is 21.4. The van der Waals surface area contributed by atoms with Gasteiger partial charge in [-0.1, -0.05) is 24.3 Å². The van der Waals surface area contributed by atoms with E-state index < -0.39 is 96.5 Å². The van der Waals surface area contributed by atoms with Gasteiger partial charge in [0.25, 0.3) is 0 Å². The monoisotopic (exact) mass is 1250 g/mol. The van der Waals surface area contributed by atoms with Crippen LogP contribution in [-0.2, 0) is 40.3 Å². The van der Waals surface area contributed by atoms with E-state index in [0.717, 1.165) is 36.4 Å². The van der Waals surface area contributed by atoms with Crippen LogP contribution in [0.5, 0.6) is 11.8 Å². The van der Waals surface area contributed by atoms with Gasteiger partial charge in [0.05, 0.1) is 118 Å². The maximum atomic E-state index is 16.2. The third kappa shape index (κ3) is 12.5. The number of hydrogen-bond acceptors (Lipinski definition) is 13. The molecule has 0 bridgehead atoms. The molecule has 4 atom stereocenters. The van der Waals surface area contributed by atoms with Gasteiger partial charge < -0.3 is 32.8 Å². The van der Waals surface area contributed by atoms with Crippen molar-refractivity contribution in [2.75, 3.05) is 26.4 Å². The van der Waals surface area contributed by atoms with Gasteiger partial charge in [-0.05, 0) is 108 Å². The second kappa shape index (κ2) is 25.5. The number of carbonyl (C=O) groups is 2. The van der Waals surface area contributed by atoms with Gasteiger partial charge in [0.15, 0.2) is 0 Å². The molecule has 12 rings (SSSR count). The van der Waals surface area contributed by atoms with E-state index >= 15 is 17.6 Å². The number of nitriles is 2. The van der Waals surface area contributed by atoms with Crippen LogP contribution in [0.3, 0.4) is 0 Å². The fraction of sp³-hybridized carbons (Fsp3) is 0.212. The Labute approximate surface area is 509 Å². The summed E-state index contributed by atoms with van der Waals surface area (Å²) >= 11 is 0. The lowest BCUT2D eigenvalue weighted by molar-refractivity contribution is 0.0396. The molecule has 2 fully saturated rings. The highest BCUT2D eigenvalue weighted by Gasteiger charge is 2.40. The maximum absolute atomic E-state index is 16.2. The van der Waals surface area contributed by atoms with Crippen molar-refractivity contribution in [1.29, 1.82) is 10.5 Å². The number of imidazole rings is 2. The van der Waals surface area contributed by atoms with Gasteiger partial charge in [0.1, 0.15) is 59.8 Å². The number of pyridine rings is 2. The van der Waals surface area contributed by atoms with Crippen LogP contribution in [0.4, 0.5) is 43.9 Å². The van der Waals surface area contributed by atoms with Crippen molar-refractivity contribution in [2.45, 2.75) is 51.0 Å². The van der Waals surface area contributed by atoms with E-state index in [4.69, 9.17) is 34.2 Å². The maximum Gasteiger partial charge on any atom is 0.346 e. The molecule has 6 aromatic carbocycles. The number of carbonyl (C=O) groups excluding carboxylic acids is 2. The Bertz CT molecular complexity index is 4320.